The second kappa shape index (κ2) is 7.24. The Hall–Kier alpha value is -2.11. The van der Waals surface area contributed by atoms with E-state index >= 15 is 0 Å². The number of pyridine rings is 1. The Morgan fingerprint density at radius 2 is 1.86 bits per heavy atom. The number of amides is 1. The van der Waals surface area contributed by atoms with Crippen LogP contribution in [0.3, 0.4) is 0 Å². The first-order chi connectivity index (χ1) is 10.5. The molecule has 0 unspecified atom stereocenters. The van der Waals surface area contributed by atoms with Crippen LogP contribution in [0.4, 0.5) is 5.82 Å². The zero-order valence-electron chi connectivity index (χ0n) is 12.8. The zero-order valence-corrected chi connectivity index (χ0v) is 13.5. The first-order valence-electron chi connectivity index (χ1n) is 6.77. The quantitative estimate of drug-likeness (QED) is 0.628. The van der Waals surface area contributed by atoms with Gasteiger partial charge in [-0.05, 0) is 17.7 Å². The minimum absolute atomic E-state index is 0.269. The van der Waals surface area contributed by atoms with Crippen LogP contribution in [0.5, 0.6) is 0 Å². The van der Waals surface area contributed by atoms with Crippen LogP contribution in [0.25, 0.3) is 0 Å². The largest absolute Gasteiger partial charge is 0.363 e. The average Bonchev–Trinajstić information content (AvgIpc) is 2.52. The zero-order chi connectivity index (χ0) is 16.1. The van der Waals surface area contributed by atoms with Crippen molar-refractivity contribution < 1.29 is 9.63 Å². The van der Waals surface area contributed by atoms with Crippen LogP contribution in [-0.2, 0) is 11.4 Å². The molecular weight excluding hydrogens is 302 g/mol. The van der Waals surface area contributed by atoms with E-state index in [1.54, 1.807) is 18.0 Å². The molecule has 22 heavy (non-hydrogen) atoms. The van der Waals surface area contributed by atoms with Crippen molar-refractivity contribution in [2.24, 2.45) is 0 Å². The summed E-state index contributed by atoms with van der Waals surface area (Å²) in [5, 5.41) is 1.48. The summed E-state index contributed by atoms with van der Waals surface area (Å²) in [7, 11) is 5.25. The highest BCUT2D eigenvalue weighted by Crippen LogP contribution is 2.18. The maximum Gasteiger partial charge on any atom is 0.277 e. The molecule has 0 bridgehead atoms. The third-order valence-electron chi connectivity index (χ3n) is 3.04. The van der Waals surface area contributed by atoms with E-state index in [9.17, 15) is 4.79 Å². The van der Waals surface area contributed by atoms with Crippen LogP contribution in [0.1, 0.15) is 15.9 Å². The lowest BCUT2D eigenvalue weighted by Crippen LogP contribution is -2.27. The van der Waals surface area contributed by atoms with E-state index in [-0.39, 0.29) is 11.1 Å². The van der Waals surface area contributed by atoms with Crippen molar-refractivity contribution in [1.82, 2.24) is 10.0 Å². The molecule has 1 amide bonds. The summed E-state index contributed by atoms with van der Waals surface area (Å²) >= 11 is 5.97. The molecule has 0 aliphatic carbocycles. The summed E-state index contributed by atoms with van der Waals surface area (Å²) in [5.41, 5.74) is 1.42. The monoisotopic (exact) mass is 319 g/mol. The van der Waals surface area contributed by atoms with Gasteiger partial charge in [0.2, 0.25) is 0 Å². The molecule has 2 rings (SSSR count). The van der Waals surface area contributed by atoms with Crippen molar-refractivity contribution in [2.75, 3.05) is 26.0 Å². The maximum absolute atomic E-state index is 12.4. The van der Waals surface area contributed by atoms with Gasteiger partial charge in [0.15, 0.2) is 0 Å². The molecule has 0 aliphatic heterocycles. The van der Waals surface area contributed by atoms with Crippen LogP contribution < -0.4 is 4.90 Å². The molecule has 0 saturated heterocycles. The molecule has 1 heterocycles. The van der Waals surface area contributed by atoms with E-state index in [2.05, 4.69) is 4.98 Å². The summed E-state index contributed by atoms with van der Waals surface area (Å²) in [6.45, 7) is 0.322. The van der Waals surface area contributed by atoms with E-state index in [4.69, 9.17) is 16.4 Å². The first-order valence-corrected chi connectivity index (χ1v) is 7.15. The number of hydroxylamine groups is 2. The summed E-state index contributed by atoms with van der Waals surface area (Å²) in [6.07, 6.45) is 0. The van der Waals surface area contributed by atoms with Crippen LogP contribution in [0.2, 0.25) is 5.15 Å². The van der Waals surface area contributed by atoms with Gasteiger partial charge in [-0.25, -0.2) is 10.0 Å². The van der Waals surface area contributed by atoms with Crippen molar-refractivity contribution in [1.29, 1.82) is 0 Å². The van der Waals surface area contributed by atoms with Crippen molar-refractivity contribution >= 4 is 23.3 Å². The lowest BCUT2D eigenvalue weighted by Gasteiger charge is -2.18. The second-order valence-electron chi connectivity index (χ2n) is 4.99. The molecule has 6 heteroatoms. The molecule has 0 fully saturated rings. The SMILES string of the molecule is CN(OCc1ccccc1)C(=O)c1cc(Cl)nc(N(C)C)c1. The Morgan fingerprint density at radius 1 is 1.18 bits per heavy atom. The Kier molecular flexibility index (Phi) is 5.35. The van der Waals surface area contributed by atoms with E-state index in [0.29, 0.717) is 18.0 Å². The van der Waals surface area contributed by atoms with Gasteiger partial charge in [-0.15, -0.1) is 0 Å². The standard InChI is InChI=1S/C16H18ClN3O2/c1-19(2)15-10-13(9-14(17)18-15)16(21)20(3)22-11-12-7-5-4-6-8-12/h4-10H,11H2,1-3H3. The fourth-order valence-corrected chi connectivity index (χ4v) is 2.03. The number of nitrogens with zero attached hydrogens (tertiary/aromatic N) is 3. The van der Waals surface area contributed by atoms with Gasteiger partial charge in [-0.3, -0.25) is 9.63 Å². The molecule has 0 spiro atoms. The topological polar surface area (TPSA) is 45.7 Å². The van der Waals surface area contributed by atoms with Crippen LogP contribution in [-0.4, -0.2) is 37.1 Å². The van der Waals surface area contributed by atoms with Gasteiger partial charge in [0.25, 0.3) is 5.91 Å². The van der Waals surface area contributed by atoms with Crippen LogP contribution in [0, 0.1) is 0 Å². The highest BCUT2D eigenvalue weighted by Gasteiger charge is 2.15. The summed E-state index contributed by atoms with van der Waals surface area (Å²) in [5.74, 6) is 0.343. The number of carbonyl (C=O) groups is 1. The number of rotatable bonds is 5. The number of aromatic nitrogens is 1. The Labute approximate surface area is 135 Å². The molecule has 2 aromatic rings. The first kappa shape index (κ1) is 16.3. The van der Waals surface area contributed by atoms with E-state index in [1.165, 1.54) is 11.1 Å². The van der Waals surface area contributed by atoms with Crippen molar-refractivity contribution in [3.05, 3.63) is 58.7 Å². The van der Waals surface area contributed by atoms with Crippen molar-refractivity contribution in [3.8, 4) is 0 Å². The molecule has 1 aromatic heterocycles. The Morgan fingerprint density at radius 3 is 2.50 bits per heavy atom. The van der Waals surface area contributed by atoms with Crippen LogP contribution >= 0.6 is 11.6 Å². The van der Waals surface area contributed by atoms with Gasteiger partial charge in [-0.2, -0.15) is 0 Å². The molecule has 5 nitrogen and oxygen atoms in total. The molecular formula is C16H18ClN3O2. The number of hydrogen-bond acceptors (Lipinski definition) is 4. The average molecular weight is 320 g/mol. The molecule has 0 N–H and O–H groups in total. The summed E-state index contributed by atoms with van der Waals surface area (Å²) in [6, 6.07) is 12.9. The summed E-state index contributed by atoms with van der Waals surface area (Å²) < 4.78 is 0. The van der Waals surface area contributed by atoms with E-state index in [0.717, 1.165) is 5.56 Å². The van der Waals surface area contributed by atoms with Gasteiger partial charge in [-0.1, -0.05) is 41.9 Å². The smallest absolute Gasteiger partial charge is 0.277 e. The molecule has 0 aliphatic rings. The number of carbonyl (C=O) groups excluding carboxylic acids is 1. The van der Waals surface area contributed by atoms with E-state index in [1.807, 2.05) is 44.4 Å². The lowest BCUT2D eigenvalue weighted by atomic mass is 10.2. The lowest BCUT2D eigenvalue weighted by molar-refractivity contribution is -0.116. The van der Waals surface area contributed by atoms with Gasteiger partial charge in [0.05, 0.1) is 0 Å². The van der Waals surface area contributed by atoms with Crippen LogP contribution in [0.15, 0.2) is 42.5 Å². The van der Waals surface area contributed by atoms with Gasteiger partial charge < -0.3 is 4.90 Å². The number of benzene rings is 1. The fraction of sp³-hybridized carbons (Fsp3) is 0.250. The Balaban J connectivity index is 2.07. The number of anilines is 1. The molecule has 116 valence electrons. The van der Waals surface area contributed by atoms with Crippen molar-refractivity contribution in [2.45, 2.75) is 6.61 Å². The van der Waals surface area contributed by atoms with Gasteiger partial charge in [0, 0.05) is 26.7 Å². The minimum Gasteiger partial charge on any atom is -0.363 e. The van der Waals surface area contributed by atoms with Gasteiger partial charge >= 0.3 is 0 Å². The molecule has 0 atom stereocenters. The second-order valence-corrected chi connectivity index (χ2v) is 5.38. The molecule has 0 radical (unpaired) electrons. The van der Waals surface area contributed by atoms with Gasteiger partial charge in [0.1, 0.15) is 17.6 Å². The normalized spacial score (nSPS) is 10.4. The number of halogens is 1. The Bertz CT molecular complexity index is 647. The number of hydrogen-bond donors (Lipinski definition) is 0. The highest BCUT2D eigenvalue weighted by atomic mass is 35.5. The maximum atomic E-state index is 12.4. The predicted octanol–water partition coefficient (Wildman–Crippen LogP) is 3.00. The highest BCUT2D eigenvalue weighted by molar-refractivity contribution is 6.29. The predicted molar refractivity (Wildman–Crippen MR) is 86.9 cm³/mol. The van der Waals surface area contributed by atoms with Crippen molar-refractivity contribution in [3.63, 3.8) is 0 Å². The minimum atomic E-state index is -0.275. The molecule has 1 aromatic carbocycles. The third kappa shape index (κ3) is 4.19. The summed E-state index contributed by atoms with van der Waals surface area (Å²) in [4.78, 5) is 23.8. The fourth-order valence-electron chi connectivity index (χ4n) is 1.82. The van der Waals surface area contributed by atoms with E-state index < -0.39 is 0 Å². The molecule has 0 saturated carbocycles. The third-order valence-corrected chi connectivity index (χ3v) is 3.23.